The molecule has 1 aliphatic heterocycles. The maximum atomic E-state index is 13.1. The van der Waals surface area contributed by atoms with Crippen molar-refractivity contribution in [2.45, 2.75) is 51.2 Å². The van der Waals surface area contributed by atoms with Crippen molar-refractivity contribution in [1.82, 2.24) is 5.32 Å². The van der Waals surface area contributed by atoms with Crippen LogP contribution in [0.1, 0.15) is 51.3 Å². The number of nitrogen functional groups attached to an aromatic ring is 1. The molecule has 140 valence electrons. The van der Waals surface area contributed by atoms with E-state index in [0.29, 0.717) is 12.1 Å². The predicted octanol–water partition coefficient (Wildman–Crippen LogP) is 4.39. The van der Waals surface area contributed by atoms with E-state index in [0.717, 1.165) is 16.9 Å². The Hall–Kier alpha value is -2.20. The number of halogens is 1. The number of carbonyl (C=O) groups is 1. The van der Waals surface area contributed by atoms with Gasteiger partial charge in [-0.15, -0.1) is 12.4 Å². The Bertz CT molecular complexity index is 788. The molecule has 4 nitrogen and oxygen atoms in total. The largest absolute Gasteiger partial charge is 0.487 e. The molecule has 0 spiro atoms. The standard InChI is InChI=1S/C21H26N2O2.ClH/c1-20(2)13-17(16-12-15(22)10-11-18(16)25-20)23-19(24)21(3,4)14-8-6-5-7-9-14;/h5-12,17H,13,22H2,1-4H3,(H,23,24);1H. The first-order chi connectivity index (χ1) is 11.7. The van der Waals surface area contributed by atoms with E-state index >= 15 is 0 Å². The highest BCUT2D eigenvalue weighted by Gasteiger charge is 2.37. The molecule has 1 atom stereocenters. The van der Waals surface area contributed by atoms with Crippen LogP contribution in [0.4, 0.5) is 5.69 Å². The number of hydrogen-bond donors (Lipinski definition) is 2. The zero-order valence-electron chi connectivity index (χ0n) is 15.7. The van der Waals surface area contributed by atoms with Crippen molar-refractivity contribution in [3.8, 4) is 5.75 Å². The van der Waals surface area contributed by atoms with Gasteiger partial charge in [0.15, 0.2) is 0 Å². The van der Waals surface area contributed by atoms with E-state index in [4.69, 9.17) is 10.5 Å². The van der Waals surface area contributed by atoms with Crippen molar-refractivity contribution in [3.63, 3.8) is 0 Å². The SMILES string of the molecule is CC1(C)CC(NC(=O)C(C)(C)c2ccccc2)c2cc(N)ccc2O1.Cl. The zero-order valence-corrected chi connectivity index (χ0v) is 16.5. The summed E-state index contributed by atoms with van der Waals surface area (Å²) in [7, 11) is 0. The molecular weight excluding hydrogens is 348 g/mol. The van der Waals surface area contributed by atoms with Crippen molar-refractivity contribution in [3.05, 3.63) is 59.7 Å². The third-order valence-electron chi connectivity index (χ3n) is 4.86. The molecule has 1 unspecified atom stereocenters. The Morgan fingerprint density at radius 2 is 1.85 bits per heavy atom. The quantitative estimate of drug-likeness (QED) is 0.783. The Balaban J connectivity index is 0.00000243. The first kappa shape index (κ1) is 20.1. The monoisotopic (exact) mass is 374 g/mol. The molecule has 0 aromatic heterocycles. The topological polar surface area (TPSA) is 64.4 Å². The number of ether oxygens (including phenoxy) is 1. The molecule has 3 N–H and O–H groups in total. The lowest BCUT2D eigenvalue weighted by molar-refractivity contribution is -0.127. The maximum absolute atomic E-state index is 13.1. The number of rotatable bonds is 3. The van der Waals surface area contributed by atoms with E-state index in [1.54, 1.807) is 0 Å². The highest BCUT2D eigenvalue weighted by molar-refractivity contribution is 5.87. The molecule has 2 aromatic carbocycles. The first-order valence-corrected chi connectivity index (χ1v) is 8.64. The number of carbonyl (C=O) groups excluding carboxylic acids is 1. The average Bonchev–Trinajstić information content (AvgIpc) is 2.55. The molecule has 0 bridgehead atoms. The van der Waals surface area contributed by atoms with Crippen molar-refractivity contribution in [1.29, 1.82) is 0 Å². The summed E-state index contributed by atoms with van der Waals surface area (Å²) in [5, 5.41) is 3.22. The van der Waals surface area contributed by atoms with Crippen LogP contribution in [0.15, 0.2) is 48.5 Å². The van der Waals surface area contributed by atoms with Crippen molar-refractivity contribution >= 4 is 24.0 Å². The normalized spacial score (nSPS) is 18.1. The second kappa shape index (κ2) is 7.20. The number of anilines is 1. The molecule has 0 aliphatic carbocycles. The second-order valence-electron chi connectivity index (χ2n) is 7.88. The van der Waals surface area contributed by atoms with Gasteiger partial charge in [-0.05, 0) is 51.5 Å². The Morgan fingerprint density at radius 3 is 2.50 bits per heavy atom. The lowest BCUT2D eigenvalue weighted by Crippen LogP contribution is -2.46. The third kappa shape index (κ3) is 3.96. The fourth-order valence-corrected chi connectivity index (χ4v) is 3.33. The van der Waals surface area contributed by atoms with E-state index in [2.05, 4.69) is 5.32 Å². The molecule has 1 aliphatic rings. The van der Waals surface area contributed by atoms with Crippen molar-refractivity contribution in [2.24, 2.45) is 0 Å². The van der Waals surface area contributed by atoms with Gasteiger partial charge >= 0.3 is 0 Å². The van der Waals surface area contributed by atoms with E-state index in [9.17, 15) is 4.79 Å². The maximum Gasteiger partial charge on any atom is 0.230 e. The molecule has 1 amide bonds. The molecule has 5 heteroatoms. The van der Waals surface area contributed by atoms with Gasteiger partial charge in [0, 0.05) is 17.7 Å². The molecule has 0 radical (unpaired) electrons. The number of hydrogen-bond acceptors (Lipinski definition) is 3. The molecule has 2 aromatic rings. The van der Waals surface area contributed by atoms with E-state index in [1.165, 1.54) is 0 Å². The molecule has 0 fully saturated rings. The van der Waals surface area contributed by atoms with Crippen LogP contribution in [-0.2, 0) is 10.2 Å². The van der Waals surface area contributed by atoms with Gasteiger partial charge in [0.1, 0.15) is 11.4 Å². The van der Waals surface area contributed by atoms with E-state index < -0.39 is 5.41 Å². The number of benzene rings is 2. The molecule has 26 heavy (non-hydrogen) atoms. The highest BCUT2D eigenvalue weighted by Crippen LogP contribution is 2.41. The minimum Gasteiger partial charge on any atom is -0.487 e. The Morgan fingerprint density at radius 1 is 1.19 bits per heavy atom. The molecular formula is C21H27ClN2O2. The predicted molar refractivity (Wildman–Crippen MR) is 108 cm³/mol. The summed E-state index contributed by atoms with van der Waals surface area (Å²) >= 11 is 0. The van der Waals surface area contributed by atoms with E-state index in [-0.39, 0.29) is 30.0 Å². The lowest BCUT2D eigenvalue weighted by Gasteiger charge is -2.39. The van der Waals surface area contributed by atoms with E-state index in [1.807, 2.05) is 76.2 Å². The summed E-state index contributed by atoms with van der Waals surface area (Å²) in [6, 6.07) is 15.3. The zero-order chi connectivity index (χ0) is 18.2. The van der Waals surface area contributed by atoms with Gasteiger partial charge in [0.2, 0.25) is 5.91 Å². The van der Waals surface area contributed by atoms with Gasteiger partial charge in [0.25, 0.3) is 0 Å². The fourth-order valence-electron chi connectivity index (χ4n) is 3.33. The van der Waals surface area contributed by atoms with Gasteiger partial charge in [-0.2, -0.15) is 0 Å². The number of fused-ring (bicyclic) bond motifs is 1. The summed E-state index contributed by atoms with van der Waals surface area (Å²) in [5.74, 6) is 0.781. The summed E-state index contributed by atoms with van der Waals surface area (Å²) < 4.78 is 6.05. The number of nitrogens with two attached hydrogens (primary N) is 1. The fraction of sp³-hybridized carbons (Fsp3) is 0.381. The second-order valence-corrected chi connectivity index (χ2v) is 7.88. The first-order valence-electron chi connectivity index (χ1n) is 8.64. The molecule has 1 heterocycles. The minimum atomic E-state index is -0.621. The van der Waals surface area contributed by atoms with Crippen LogP contribution in [0.25, 0.3) is 0 Å². The number of nitrogens with one attached hydrogen (secondary N) is 1. The van der Waals surface area contributed by atoms with Gasteiger partial charge in [-0.3, -0.25) is 4.79 Å². The molecule has 0 saturated carbocycles. The van der Waals surface area contributed by atoms with Crippen molar-refractivity contribution < 1.29 is 9.53 Å². The highest BCUT2D eigenvalue weighted by atomic mass is 35.5. The average molecular weight is 375 g/mol. The Labute approximate surface area is 161 Å². The van der Waals surface area contributed by atoms with Gasteiger partial charge in [0.05, 0.1) is 11.5 Å². The van der Waals surface area contributed by atoms with Gasteiger partial charge in [-0.1, -0.05) is 30.3 Å². The van der Waals surface area contributed by atoms with Crippen LogP contribution in [0.2, 0.25) is 0 Å². The van der Waals surface area contributed by atoms with Gasteiger partial charge < -0.3 is 15.8 Å². The lowest BCUT2D eigenvalue weighted by atomic mass is 9.82. The Kier molecular flexibility index (Phi) is 5.57. The number of amides is 1. The smallest absolute Gasteiger partial charge is 0.230 e. The molecule has 0 saturated heterocycles. The summed E-state index contributed by atoms with van der Waals surface area (Å²) in [5.41, 5.74) is 7.58. The third-order valence-corrected chi connectivity index (χ3v) is 4.86. The van der Waals surface area contributed by atoms with Crippen LogP contribution in [-0.4, -0.2) is 11.5 Å². The molecule has 3 rings (SSSR count). The van der Waals surface area contributed by atoms with Crippen LogP contribution in [0, 0.1) is 0 Å². The minimum absolute atomic E-state index is 0. The summed E-state index contributed by atoms with van der Waals surface area (Å²) in [4.78, 5) is 13.1. The van der Waals surface area contributed by atoms with Crippen molar-refractivity contribution in [2.75, 3.05) is 5.73 Å². The summed E-state index contributed by atoms with van der Waals surface area (Å²) in [6.45, 7) is 7.96. The summed E-state index contributed by atoms with van der Waals surface area (Å²) in [6.07, 6.45) is 0.695. The van der Waals surface area contributed by atoms with Crippen LogP contribution in [0.3, 0.4) is 0 Å². The van der Waals surface area contributed by atoms with Crippen LogP contribution >= 0.6 is 12.4 Å². The van der Waals surface area contributed by atoms with Gasteiger partial charge in [-0.25, -0.2) is 0 Å². The van der Waals surface area contributed by atoms with Crippen LogP contribution < -0.4 is 15.8 Å². The van der Waals surface area contributed by atoms with Crippen LogP contribution in [0.5, 0.6) is 5.75 Å².